The quantitative estimate of drug-likeness (QED) is 0.535. The van der Waals surface area contributed by atoms with Crippen LogP contribution in [0.25, 0.3) is 0 Å². The Bertz CT molecular complexity index is 310. The van der Waals surface area contributed by atoms with Gasteiger partial charge in [0, 0.05) is 6.07 Å². The van der Waals surface area contributed by atoms with E-state index < -0.39 is 6.09 Å². The van der Waals surface area contributed by atoms with Crippen molar-refractivity contribution >= 4 is 6.09 Å². The maximum absolute atomic E-state index is 10.2. The lowest BCUT2D eigenvalue weighted by Gasteiger charge is -2.01. The van der Waals surface area contributed by atoms with Gasteiger partial charge in [-0.15, -0.1) is 0 Å². The van der Waals surface area contributed by atoms with Crippen LogP contribution in [0.3, 0.4) is 0 Å². The summed E-state index contributed by atoms with van der Waals surface area (Å²) in [5.41, 5.74) is 4.71. The van der Waals surface area contributed by atoms with Crippen LogP contribution in [-0.2, 0) is 0 Å². The molecule has 0 radical (unpaired) electrons. The minimum absolute atomic E-state index is 0.0813. The van der Waals surface area contributed by atoms with Crippen molar-refractivity contribution in [2.24, 2.45) is 5.73 Å². The second-order valence-electron chi connectivity index (χ2n) is 2.07. The molecule has 12 heavy (non-hydrogen) atoms. The van der Waals surface area contributed by atoms with E-state index in [1.807, 2.05) is 0 Å². The lowest BCUT2D eigenvalue weighted by Crippen LogP contribution is -2.16. The van der Waals surface area contributed by atoms with Crippen molar-refractivity contribution < 1.29 is 19.7 Å². The van der Waals surface area contributed by atoms with Gasteiger partial charge < -0.3 is 20.7 Å². The van der Waals surface area contributed by atoms with Crippen molar-refractivity contribution in [1.82, 2.24) is 0 Å². The lowest BCUT2D eigenvalue weighted by molar-refractivity contribution is 0.210. The molecular formula is C7H7NO4. The molecule has 0 saturated carbocycles. The van der Waals surface area contributed by atoms with Crippen LogP contribution in [0.5, 0.6) is 17.2 Å². The smallest absolute Gasteiger partial charge is 0.409 e. The molecule has 0 aliphatic heterocycles. The number of rotatable bonds is 1. The van der Waals surface area contributed by atoms with Crippen LogP contribution in [0.4, 0.5) is 4.79 Å². The van der Waals surface area contributed by atoms with Crippen LogP contribution in [0.15, 0.2) is 18.2 Å². The SMILES string of the molecule is NC(=O)Oc1ccc(O)c(O)c1. The number of phenolic OH excluding ortho intramolecular Hbond substituents is 2. The van der Waals surface area contributed by atoms with Crippen molar-refractivity contribution in [3.8, 4) is 17.2 Å². The van der Waals surface area contributed by atoms with E-state index >= 15 is 0 Å². The number of carbonyl (C=O) groups excluding carboxylic acids is 1. The van der Waals surface area contributed by atoms with Crippen molar-refractivity contribution in [2.75, 3.05) is 0 Å². The van der Waals surface area contributed by atoms with Crippen molar-refractivity contribution in [2.45, 2.75) is 0 Å². The Balaban J connectivity index is 2.89. The minimum Gasteiger partial charge on any atom is -0.504 e. The molecule has 0 bridgehead atoms. The van der Waals surface area contributed by atoms with Gasteiger partial charge in [-0.25, -0.2) is 4.79 Å². The number of phenols is 2. The average Bonchev–Trinajstić information content (AvgIpc) is 1.96. The number of ether oxygens (including phenoxy) is 1. The van der Waals surface area contributed by atoms with Gasteiger partial charge in [-0.2, -0.15) is 0 Å². The Hall–Kier alpha value is -1.91. The Morgan fingerprint density at radius 3 is 2.50 bits per heavy atom. The average molecular weight is 169 g/mol. The van der Waals surface area contributed by atoms with Crippen molar-refractivity contribution in [1.29, 1.82) is 0 Å². The number of primary amides is 1. The monoisotopic (exact) mass is 169 g/mol. The van der Waals surface area contributed by atoms with Crippen LogP contribution in [0.2, 0.25) is 0 Å². The highest BCUT2D eigenvalue weighted by atomic mass is 16.5. The Labute approximate surface area is 68.0 Å². The molecule has 4 N–H and O–H groups in total. The van der Waals surface area contributed by atoms with Crippen LogP contribution < -0.4 is 10.5 Å². The summed E-state index contributed by atoms with van der Waals surface area (Å²) in [6.07, 6.45) is -0.972. The molecule has 1 rings (SSSR count). The number of nitrogens with two attached hydrogens (primary N) is 1. The summed E-state index contributed by atoms with van der Waals surface area (Å²) < 4.78 is 4.42. The normalized spacial score (nSPS) is 9.33. The maximum Gasteiger partial charge on any atom is 0.409 e. The summed E-state index contributed by atoms with van der Waals surface area (Å²) in [6, 6.07) is 3.58. The number of benzene rings is 1. The molecule has 0 aliphatic rings. The standard InChI is InChI=1S/C7H7NO4/c8-7(11)12-4-1-2-5(9)6(10)3-4/h1-3,9-10H,(H2,8,11). The molecule has 5 heteroatoms. The third-order valence-electron chi connectivity index (χ3n) is 1.17. The first kappa shape index (κ1) is 8.19. The van der Waals surface area contributed by atoms with Crippen LogP contribution in [0.1, 0.15) is 0 Å². The second kappa shape index (κ2) is 3.00. The molecule has 0 aliphatic carbocycles. The van der Waals surface area contributed by atoms with Gasteiger partial charge in [-0.1, -0.05) is 0 Å². The molecule has 1 aromatic rings. The van der Waals surface area contributed by atoms with E-state index in [4.69, 9.17) is 15.9 Å². The highest BCUT2D eigenvalue weighted by Gasteiger charge is 2.02. The Kier molecular flexibility index (Phi) is 2.05. The van der Waals surface area contributed by atoms with E-state index in [0.717, 1.165) is 6.07 Å². The zero-order valence-corrected chi connectivity index (χ0v) is 6.02. The van der Waals surface area contributed by atoms with E-state index in [-0.39, 0.29) is 17.2 Å². The number of carbonyl (C=O) groups is 1. The fourth-order valence-corrected chi connectivity index (χ4v) is 0.683. The molecule has 0 spiro atoms. The van der Waals surface area contributed by atoms with Gasteiger partial charge in [0.15, 0.2) is 11.5 Å². The molecule has 1 aromatic carbocycles. The van der Waals surface area contributed by atoms with E-state index in [2.05, 4.69) is 4.74 Å². The van der Waals surface area contributed by atoms with Gasteiger partial charge in [-0.3, -0.25) is 0 Å². The lowest BCUT2D eigenvalue weighted by atomic mass is 10.3. The molecule has 0 atom stereocenters. The fourth-order valence-electron chi connectivity index (χ4n) is 0.683. The largest absolute Gasteiger partial charge is 0.504 e. The number of amides is 1. The van der Waals surface area contributed by atoms with E-state index in [1.54, 1.807) is 0 Å². The van der Waals surface area contributed by atoms with Gasteiger partial charge in [0.25, 0.3) is 0 Å². The molecule has 5 nitrogen and oxygen atoms in total. The van der Waals surface area contributed by atoms with Gasteiger partial charge in [0.05, 0.1) is 0 Å². The Morgan fingerprint density at radius 2 is 2.00 bits per heavy atom. The van der Waals surface area contributed by atoms with Gasteiger partial charge in [0.2, 0.25) is 0 Å². The van der Waals surface area contributed by atoms with Gasteiger partial charge in [-0.05, 0) is 12.1 Å². The zero-order chi connectivity index (χ0) is 9.14. The van der Waals surface area contributed by atoms with E-state index in [0.29, 0.717) is 0 Å². The van der Waals surface area contributed by atoms with Gasteiger partial charge in [0.1, 0.15) is 5.75 Å². The van der Waals surface area contributed by atoms with Crippen LogP contribution in [-0.4, -0.2) is 16.3 Å². The van der Waals surface area contributed by atoms with Crippen molar-refractivity contribution in [3.05, 3.63) is 18.2 Å². The predicted molar refractivity (Wildman–Crippen MR) is 40.0 cm³/mol. The molecule has 0 heterocycles. The summed E-state index contributed by atoms with van der Waals surface area (Å²) in [4.78, 5) is 10.2. The van der Waals surface area contributed by atoms with E-state index in [9.17, 15) is 4.79 Å². The fraction of sp³-hybridized carbons (Fsp3) is 0. The highest BCUT2D eigenvalue weighted by Crippen LogP contribution is 2.28. The van der Waals surface area contributed by atoms with Gasteiger partial charge >= 0.3 is 6.09 Å². The second-order valence-corrected chi connectivity index (χ2v) is 2.07. The highest BCUT2D eigenvalue weighted by molar-refractivity contribution is 5.68. The van der Waals surface area contributed by atoms with Crippen molar-refractivity contribution in [3.63, 3.8) is 0 Å². The third-order valence-corrected chi connectivity index (χ3v) is 1.17. The number of aromatic hydroxyl groups is 2. The molecule has 1 amide bonds. The topological polar surface area (TPSA) is 92.8 Å². The molecule has 0 saturated heterocycles. The molecule has 0 fully saturated rings. The van der Waals surface area contributed by atoms with Crippen LogP contribution in [0, 0.1) is 0 Å². The van der Waals surface area contributed by atoms with Crippen LogP contribution >= 0.6 is 0 Å². The molecule has 64 valence electrons. The first-order valence-corrected chi connectivity index (χ1v) is 3.09. The summed E-state index contributed by atoms with van der Waals surface area (Å²) in [5, 5.41) is 17.8. The summed E-state index contributed by atoms with van der Waals surface area (Å²) in [6.45, 7) is 0. The third kappa shape index (κ3) is 1.79. The summed E-state index contributed by atoms with van der Waals surface area (Å²) in [5.74, 6) is -0.571. The number of hydrogen-bond donors (Lipinski definition) is 3. The molecular weight excluding hydrogens is 162 g/mol. The van der Waals surface area contributed by atoms with E-state index in [1.165, 1.54) is 12.1 Å². The summed E-state index contributed by atoms with van der Waals surface area (Å²) in [7, 11) is 0. The zero-order valence-electron chi connectivity index (χ0n) is 6.02. The summed E-state index contributed by atoms with van der Waals surface area (Å²) >= 11 is 0. The number of hydrogen-bond acceptors (Lipinski definition) is 4. The Morgan fingerprint density at radius 1 is 1.33 bits per heavy atom. The maximum atomic E-state index is 10.2. The minimum atomic E-state index is -0.972. The predicted octanol–water partition coefficient (Wildman–Crippen LogP) is 0.555. The first-order chi connectivity index (χ1) is 5.59. The first-order valence-electron chi connectivity index (χ1n) is 3.09. The molecule has 0 aromatic heterocycles. The molecule has 0 unspecified atom stereocenters.